The van der Waals surface area contributed by atoms with E-state index in [1.165, 1.54) is 17.7 Å². The number of nitrogens with zero attached hydrogens (tertiary/aromatic N) is 1. The lowest BCUT2D eigenvalue weighted by Crippen LogP contribution is -2.22. The maximum atomic E-state index is 12.2. The van der Waals surface area contributed by atoms with Gasteiger partial charge in [-0.1, -0.05) is 17.7 Å². The molecule has 3 heterocycles. The molecule has 7 heteroatoms. The second kappa shape index (κ2) is 10.8. The Balaban J connectivity index is 1.16. The molecule has 1 aromatic carbocycles. The molecule has 1 aliphatic rings. The highest BCUT2D eigenvalue weighted by Crippen LogP contribution is 2.21. The van der Waals surface area contributed by atoms with Gasteiger partial charge in [0.15, 0.2) is 6.29 Å². The molecule has 0 saturated carbocycles. The van der Waals surface area contributed by atoms with Gasteiger partial charge in [-0.15, -0.1) is 0 Å². The summed E-state index contributed by atoms with van der Waals surface area (Å²) >= 11 is 6.11. The molecule has 0 amide bonds. The van der Waals surface area contributed by atoms with Crippen LogP contribution in [0.25, 0.3) is 10.9 Å². The van der Waals surface area contributed by atoms with Crippen molar-refractivity contribution in [2.45, 2.75) is 58.0 Å². The number of unbranched alkanes of at least 4 members (excludes halogenated alkanes) is 2. The molecule has 1 aliphatic heterocycles. The first-order valence-corrected chi connectivity index (χ1v) is 11.3. The predicted octanol–water partition coefficient (Wildman–Crippen LogP) is 5.54. The third-order valence-corrected chi connectivity index (χ3v) is 5.67. The highest BCUT2D eigenvalue weighted by Gasteiger charge is 2.15. The van der Waals surface area contributed by atoms with Crippen molar-refractivity contribution < 1.29 is 18.6 Å². The largest absolute Gasteiger partial charge is 0.487 e. The van der Waals surface area contributed by atoms with Gasteiger partial charge in [0.1, 0.15) is 18.6 Å². The molecule has 3 aromatic rings. The molecule has 6 nitrogen and oxygen atoms in total. The van der Waals surface area contributed by atoms with Gasteiger partial charge in [0.05, 0.1) is 6.61 Å². The molecular weight excluding hydrogens is 418 g/mol. The number of hydrogen-bond donors (Lipinski definition) is 0. The average Bonchev–Trinajstić information content (AvgIpc) is 3.18. The number of aromatic nitrogens is 1. The molecular formula is C24H28ClNO5. The molecule has 166 valence electrons. The van der Waals surface area contributed by atoms with E-state index in [-0.39, 0.29) is 24.1 Å². The van der Waals surface area contributed by atoms with Crippen LogP contribution in [0, 0.1) is 0 Å². The molecule has 0 spiro atoms. The SMILES string of the molecule is O=c1cc(COC2CCCCO2)occ1OCCCCCn1ccc2ccc(Cl)cc21. The fourth-order valence-corrected chi connectivity index (χ4v) is 3.90. The number of hydrogen-bond acceptors (Lipinski definition) is 5. The monoisotopic (exact) mass is 445 g/mol. The number of ether oxygens (including phenoxy) is 3. The zero-order valence-corrected chi connectivity index (χ0v) is 18.3. The summed E-state index contributed by atoms with van der Waals surface area (Å²) in [4.78, 5) is 12.2. The summed E-state index contributed by atoms with van der Waals surface area (Å²) in [7, 11) is 0. The fourth-order valence-electron chi connectivity index (χ4n) is 3.73. The highest BCUT2D eigenvalue weighted by atomic mass is 35.5. The van der Waals surface area contributed by atoms with Crippen LogP contribution in [0.2, 0.25) is 5.02 Å². The van der Waals surface area contributed by atoms with E-state index in [0.29, 0.717) is 12.4 Å². The zero-order valence-electron chi connectivity index (χ0n) is 17.6. The Morgan fingerprint density at radius 2 is 2.06 bits per heavy atom. The molecule has 0 N–H and O–H groups in total. The first kappa shape index (κ1) is 21.9. The zero-order chi connectivity index (χ0) is 21.5. The van der Waals surface area contributed by atoms with Crippen molar-refractivity contribution >= 4 is 22.5 Å². The molecule has 1 fully saturated rings. The van der Waals surface area contributed by atoms with Crippen molar-refractivity contribution in [3.63, 3.8) is 0 Å². The topological polar surface area (TPSA) is 62.8 Å². The third-order valence-electron chi connectivity index (χ3n) is 5.44. The van der Waals surface area contributed by atoms with Crippen molar-refractivity contribution in [3.8, 4) is 5.75 Å². The third kappa shape index (κ3) is 6.12. The number of benzene rings is 1. The Morgan fingerprint density at radius 1 is 1.13 bits per heavy atom. The smallest absolute Gasteiger partial charge is 0.227 e. The predicted molar refractivity (Wildman–Crippen MR) is 120 cm³/mol. The van der Waals surface area contributed by atoms with Crippen molar-refractivity contribution in [3.05, 3.63) is 63.8 Å². The van der Waals surface area contributed by atoms with Crippen LogP contribution in [0.3, 0.4) is 0 Å². The van der Waals surface area contributed by atoms with Crippen LogP contribution in [0.4, 0.5) is 0 Å². The van der Waals surface area contributed by atoms with Crippen LogP contribution in [-0.4, -0.2) is 24.1 Å². The summed E-state index contributed by atoms with van der Waals surface area (Å²) in [6.07, 6.45) is 9.18. The van der Waals surface area contributed by atoms with E-state index in [1.54, 1.807) is 0 Å². The van der Waals surface area contributed by atoms with Gasteiger partial charge in [0, 0.05) is 36.0 Å². The van der Waals surface area contributed by atoms with Crippen LogP contribution in [0.15, 0.2) is 52.0 Å². The van der Waals surface area contributed by atoms with Crippen LogP contribution >= 0.6 is 11.6 Å². The van der Waals surface area contributed by atoms with Crippen LogP contribution in [-0.2, 0) is 22.6 Å². The Labute approximate surface area is 186 Å². The van der Waals surface area contributed by atoms with E-state index in [2.05, 4.69) is 16.8 Å². The first-order chi connectivity index (χ1) is 15.2. The maximum absolute atomic E-state index is 12.2. The standard InChI is InChI=1S/C24H28ClNO5/c25-19-8-7-18-9-11-26(21(18)14-19)10-3-1-4-12-28-23-17-30-20(15-22(23)27)16-31-24-6-2-5-13-29-24/h7-9,11,14-15,17,24H,1-6,10,12-13,16H2. The van der Waals surface area contributed by atoms with Crippen LogP contribution in [0.5, 0.6) is 5.75 Å². The van der Waals surface area contributed by atoms with Crippen molar-refractivity contribution in [1.29, 1.82) is 0 Å². The maximum Gasteiger partial charge on any atom is 0.227 e. The van der Waals surface area contributed by atoms with E-state index in [0.717, 1.165) is 62.2 Å². The Kier molecular flexibility index (Phi) is 7.67. The molecule has 31 heavy (non-hydrogen) atoms. The minimum Gasteiger partial charge on any atom is -0.487 e. The van der Waals surface area contributed by atoms with E-state index >= 15 is 0 Å². The molecule has 4 rings (SSSR count). The van der Waals surface area contributed by atoms with Gasteiger partial charge in [0.25, 0.3) is 0 Å². The number of rotatable bonds is 10. The minimum absolute atomic E-state index is 0.190. The summed E-state index contributed by atoms with van der Waals surface area (Å²) in [6.45, 7) is 2.34. The van der Waals surface area contributed by atoms with E-state index in [4.69, 9.17) is 30.2 Å². The second-order valence-electron chi connectivity index (χ2n) is 7.80. The normalized spacial score (nSPS) is 16.6. The lowest BCUT2D eigenvalue weighted by molar-refractivity contribution is -0.171. The molecule has 0 bridgehead atoms. The van der Waals surface area contributed by atoms with Crippen molar-refractivity contribution in [2.24, 2.45) is 0 Å². The Morgan fingerprint density at radius 3 is 2.90 bits per heavy atom. The molecule has 0 radical (unpaired) electrons. The van der Waals surface area contributed by atoms with E-state index < -0.39 is 0 Å². The van der Waals surface area contributed by atoms with Crippen LogP contribution < -0.4 is 10.2 Å². The summed E-state index contributed by atoms with van der Waals surface area (Å²) in [5.41, 5.74) is 0.963. The number of halogens is 1. The number of aryl methyl sites for hydroxylation is 1. The molecule has 1 atom stereocenters. The highest BCUT2D eigenvalue weighted by molar-refractivity contribution is 6.31. The number of fused-ring (bicyclic) bond motifs is 1. The van der Waals surface area contributed by atoms with E-state index in [9.17, 15) is 4.79 Å². The average molecular weight is 446 g/mol. The lowest BCUT2D eigenvalue weighted by Gasteiger charge is -2.22. The fraction of sp³-hybridized carbons (Fsp3) is 0.458. The minimum atomic E-state index is -0.212. The quantitative estimate of drug-likeness (QED) is 0.383. The summed E-state index contributed by atoms with van der Waals surface area (Å²) in [5.74, 6) is 0.717. The first-order valence-electron chi connectivity index (χ1n) is 10.9. The van der Waals surface area contributed by atoms with Gasteiger partial charge in [-0.05, 0) is 62.1 Å². The molecule has 0 aliphatic carbocycles. The molecule has 1 saturated heterocycles. The van der Waals surface area contributed by atoms with Crippen molar-refractivity contribution in [1.82, 2.24) is 4.57 Å². The van der Waals surface area contributed by atoms with Gasteiger partial charge in [-0.2, -0.15) is 0 Å². The van der Waals surface area contributed by atoms with Gasteiger partial charge in [0.2, 0.25) is 11.2 Å². The summed E-state index contributed by atoms with van der Waals surface area (Å²) in [6, 6.07) is 9.48. The van der Waals surface area contributed by atoms with Crippen molar-refractivity contribution in [2.75, 3.05) is 13.2 Å². The van der Waals surface area contributed by atoms with Gasteiger partial charge in [-0.3, -0.25) is 4.79 Å². The molecule has 1 unspecified atom stereocenters. The van der Waals surface area contributed by atoms with Crippen LogP contribution in [0.1, 0.15) is 44.3 Å². The second-order valence-corrected chi connectivity index (χ2v) is 8.24. The summed E-state index contributed by atoms with van der Waals surface area (Å²) in [5, 5.41) is 1.94. The Hall–Kier alpha value is -2.28. The van der Waals surface area contributed by atoms with Gasteiger partial charge < -0.3 is 23.2 Å². The van der Waals surface area contributed by atoms with Gasteiger partial charge >= 0.3 is 0 Å². The Bertz CT molecular complexity index is 1040. The molecule has 2 aromatic heterocycles. The van der Waals surface area contributed by atoms with E-state index in [1.807, 2.05) is 18.2 Å². The summed E-state index contributed by atoms with van der Waals surface area (Å²) < 4.78 is 24.5. The van der Waals surface area contributed by atoms with Gasteiger partial charge in [-0.25, -0.2) is 0 Å². The lowest BCUT2D eigenvalue weighted by atomic mass is 10.2.